The summed E-state index contributed by atoms with van der Waals surface area (Å²) in [5, 5.41) is 3.41. The Hall–Kier alpha value is -3.89. The molecule has 11 heteroatoms. The molecule has 2 aromatic carbocycles. The first-order valence-electron chi connectivity index (χ1n) is 13.9. The van der Waals surface area contributed by atoms with Gasteiger partial charge in [-0.25, -0.2) is 19.5 Å². The van der Waals surface area contributed by atoms with Crippen LogP contribution in [0.3, 0.4) is 0 Å². The third-order valence-electron chi connectivity index (χ3n) is 7.90. The van der Waals surface area contributed by atoms with Crippen molar-refractivity contribution in [3.05, 3.63) is 82.0 Å². The van der Waals surface area contributed by atoms with Crippen molar-refractivity contribution in [3.8, 4) is 0 Å². The Bertz CT molecular complexity index is 1350. The van der Waals surface area contributed by atoms with Crippen molar-refractivity contribution in [2.75, 3.05) is 47.5 Å². The highest BCUT2D eigenvalue weighted by Crippen LogP contribution is 2.38. The first-order valence-corrected chi connectivity index (χ1v) is 14.2. The summed E-state index contributed by atoms with van der Waals surface area (Å²) in [6, 6.07) is 15.5. The lowest BCUT2D eigenvalue weighted by Gasteiger charge is -2.40. The van der Waals surface area contributed by atoms with Gasteiger partial charge >= 0.3 is 24.0 Å². The van der Waals surface area contributed by atoms with Crippen molar-refractivity contribution >= 4 is 35.6 Å². The van der Waals surface area contributed by atoms with Gasteiger partial charge in [0.2, 0.25) is 0 Å². The molecule has 0 aromatic heterocycles. The molecule has 0 saturated carbocycles. The van der Waals surface area contributed by atoms with Crippen LogP contribution in [-0.2, 0) is 29.2 Å². The molecule has 1 saturated heterocycles. The van der Waals surface area contributed by atoms with Crippen LogP contribution in [0.15, 0.2) is 70.9 Å². The average molecular weight is 597 g/mol. The summed E-state index contributed by atoms with van der Waals surface area (Å²) >= 11 is 6.27. The molecule has 10 nitrogen and oxygen atoms in total. The summed E-state index contributed by atoms with van der Waals surface area (Å²) in [4.78, 5) is 47.2. The SMILES string of the molecule is COC(=O)C1=C(C)N=C(OC)N(C(=O)NCCCN2CCC(C(=O)OC)(c3ccccc3)CC2)C1c1cccc(Cl)c1. The first-order chi connectivity index (χ1) is 20.2. The molecular weight excluding hydrogens is 560 g/mol. The molecule has 0 bridgehead atoms. The van der Waals surface area contributed by atoms with E-state index >= 15 is 0 Å². The molecule has 1 fully saturated rings. The van der Waals surface area contributed by atoms with Crippen molar-refractivity contribution < 1.29 is 28.6 Å². The number of hydrogen-bond donors (Lipinski definition) is 1. The van der Waals surface area contributed by atoms with Gasteiger partial charge in [-0.15, -0.1) is 0 Å². The fourth-order valence-corrected chi connectivity index (χ4v) is 5.91. The molecule has 1 N–H and O–H groups in total. The number of rotatable bonds is 8. The largest absolute Gasteiger partial charge is 0.468 e. The molecular formula is C31H37ClN4O6. The number of benzene rings is 2. The molecule has 2 aromatic rings. The van der Waals surface area contributed by atoms with E-state index in [9.17, 15) is 14.4 Å². The predicted octanol–water partition coefficient (Wildman–Crippen LogP) is 4.45. The predicted molar refractivity (Wildman–Crippen MR) is 159 cm³/mol. The number of hydrogen-bond acceptors (Lipinski definition) is 8. The number of allylic oxidation sites excluding steroid dienone is 1. The maximum atomic E-state index is 13.6. The van der Waals surface area contributed by atoms with E-state index in [0.29, 0.717) is 42.1 Å². The second-order valence-corrected chi connectivity index (χ2v) is 10.7. The van der Waals surface area contributed by atoms with Crippen molar-refractivity contribution in [2.24, 2.45) is 4.99 Å². The Kier molecular flexibility index (Phi) is 10.2. The number of urea groups is 1. The summed E-state index contributed by atoms with van der Waals surface area (Å²) in [5.41, 5.74) is 1.55. The monoisotopic (exact) mass is 596 g/mol. The molecule has 4 rings (SSSR count). The molecule has 1 atom stereocenters. The van der Waals surface area contributed by atoms with Gasteiger partial charge < -0.3 is 24.4 Å². The summed E-state index contributed by atoms with van der Waals surface area (Å²) in [5.74, 6) is -0.805. The van der Waals surface area contributed by atoms with Crippen LogP contribution >= 0.6 is 11.6 Å². The van der Waals surface area contributed by atoms with E-state index in [0.717, 1.165) is 25.2 Å². The lowest BCUT2D eigenvalue weighted by Crippen LogP contribution is -2.50. The van der Waals surface area contributed by atoms with E-state index < -0.39 is 23.5 Å². The van der Waals surface area contributed by atoms with Gasteiger partial charge in [0.1, 0.15) is 6.04 Å². The van der Waals surface area contributed by atoms with Crippen LogP contribution in [0, 0.1) is 0 Å². The minimum Gasteiger partial charge on any atom is -0.468 e. The van der Waals surface area contributed by atoms with Crippen LogP contribution in [0.2, 0.25) is 5.02 Å². The highest BCUT2D eigenvalue weighted by molar-refractivity contribution is 6.30. The Balaban J connectivity index is 1.41. The smallest absolute Gasteiger partial charge is 0.338 e. The molecule has 2 amide bonds. The van der Waals surface area contributed by atoms with Gasteiger partial charge in [-0.2, -0.15) is 0 Å². The van der Waals surface area contributed by atoms with E-state index in [-0.39, 0.29) is 17.6 Å². The number of halogens is 1. The number of nitrogens with one attached hydrogen (secondary N) is 1. The number of carbonyl (C=O) groups is 3. The summed E-state index contributed by atoms with van der Waals surface area (Å²) in [6.45, 7) is 4.25. The minimum absolute atomic E-state index is 0.0544. The van der Waals surface area contributed by atoms with Crippen LogP contribution in [0.1, 0.15) is 43.4 Å². The Morgan fingerprint density at radius 3 is 2.36 bits per heavy atom. The zero-order valence-corrected chi connectivity index (χ0v) is 25.1. The minimum atomic E-state index is -0.852. The standard InChI is InChI=1S/C31H37ClN4O6/c1-21-25(27(37)40-2)26(22-10-8-13-24(32)20-22)36(30(34-21)42-4)29(39)33-16-9-17-35-18-14-31(15-19-35,28(38)41-3)23-11-6-5-7-12-23/h5-8,10-13,20,26H,9,14-19H2,1-4H3,(H,33,39). The maximum Gasteiger partial charge on any atom is 0.338 e. The number of ether oxygens (including phenoxy) is 3. The van der Waals surface area contributed by atoms with Crippen LogP contribution in [-0.4, -0.2) is 81.3 Å². The zero-order valence-electron chi connectivity index (χ0n) is 24.4. The number of aliphatic imine (C=N–C) groups is 1. The Morgan fingerprint density at radius 2 is 1.74 bits per heavy atom. The number of carbonyl (C=O) groups excluding carboxylic acids is 3. The van der Waals surface area contributed by atoms with Crippen LogP contribution in [0.4, 0.5) is 4.79 Å². The number of amidine groups is 1. The fraction of sp³-hybridized carbons (Fsp3) is 0.419. The number of amides is 2. The van der Waals surface area contributed by atoms with Crippen molar-refractivity contribution in [1.82, 2.24) is 15.1 Å². The molecule has 1 unspecified atom stereocenters. The van der Waals surface area contributed by atoms with Crippen molar-refractivity contribution in [2.45, 2.75) is 37.6 Å². The quantitative estimate of drug-likeness (QED) is 0.354. The van der Waals surface area contributed by atoms with E-state index in [2.05, 4.69) is 15.2 Å². The Labute approximate surface area is 251 Å². The average Bonchev–Trinajstić information content (AvgIpc) is 3.02. The molecule has 2 heterocycles. The highest BCUT2D eigenvalue weighted by atomic mass is 35.5. The van der Waals surface area contributed by atoms with Gasteiger partial charge in [0.15, 0.2) is 0 Å². The zero-order chi connectivity index (χ0) is 30.3. The van der Waals surface area contributed by atoms with Crippen molar-refractivity contribution in [3.63, 3.8) is 0 Å². The van der Waals surface area contributed by atoms with E-state index in [1.54, 1.807) is 31.2 Å². The van der Waals surface area contributed by atoms with Gasteiger partial charge in [0.05, 0.1) is 38.0 Å². The first kappa shape index (κ1) is 31.1. The third kappa shape index (κ3) is 6.44. The third-order valence-corrected chi connectivity index (χ3v) is 8.14. The second-order valence-electron chi connectivity index (χ2n) is 10.3. The number of likely N-dealkylation sites (tertiary alicyclic amines) is 1. The second kappa shape index (κ2) is 13.8. The van der Waals surface area contributed by atoms with Crippen molar-refractivity contribution in [1.29, 1.82) is 0 Å². The number of nitrogens with zero attached hydrogens (tertiary/aromatic N) is 3. The summed E-state index contributed by atoms with van der Waals surface area (Å²) < 4.78 is 15.7. The van der Waals surface area contributed by atoms with E-state index in [1.807, 2.05) is 30.3 Å². The molecule has 2 aliphatic rings. The van der Waals surface area contributed by atoms with Crippen LogP contribution < -0.4 is 5.32 Å². The van der Waals surface area contributed by atoms with Gasteiger partial charge in [-0.3, -0.25) is 4.79 Å². The van der Waals surface area contributed by atoms with Gasteiger partial charge in [-0.05, 0) is 69.1 Å². The van der Waals surface area contributed by atoms with E-state index in [4.69, 9.17) is 25.8 Å². The molecule has 42 heavy (non-hydrogen) atoms. The van der Waals surface area contributed by atoms with Crippen LogP contribution in [0.25, 0.3) is 0 Å². The van der Waals surface area contributed by atoms with Gasteiger partial charge in [-0.1, -0.05) is 54.1 Å². The maximum absolute atomic E-state index is 13.6. The molecule has 2 aliphatic heterocycles. The molecule has 0 aliphatic carbocycles. The normalized spacial score (nSPS) is 18.6. The number of piperidine rings is 1. The molecule has 224 valence electrons. The lowest BCUT2D eigenvalue weighted by atomic mass is 9.72. The van der Waals surface area contributed by atoms with Gasteiger partial charge in [0, 0.05) is 11.6 Å². The highest BCUT2D eigenvalue weighted by Gasteiger charge is 2.44. The lowest BCUT2D eigenvalue weighted by molar-refractivity contribution is -0.149. The Morgan fingerprint density at radius 1 is 1.02 bits per heavy atom. The molecule has 0 spiro atoms. The van der Waals surface area contributed by atoms with Crippen LogP contribution in [0.5, 0.6) is 0 Å². The summed E-state index contributed by atoms with van der Waals surface area (Å²) in [7, 11) is 4.14. The fourth-order valence-electron chi connectivity index (χ4n) is 5.71. The topological polar surface area (TPSA) is 110 Å². The molecule has 0 radical (unpaired) electrons. The number of esters is 2. The number of methoxy groups -OCH3 is 3. The summed E-state index contributed by atoms with van der Waals surface area (Å²) in [6.07, 6.45) is 1.98. The van der Waals surface area contributed by atoms with Gasteiger partial charge in [0.25, 0.3) is 0 Å². The van der Waals surface area contributed by atoms with E-state index in [1.165, 1.54) is 26.2 Å².